The van der Waals surface area contributed by atoms with Crippen LogP contribution in [-0.2, 0) is 13.0 Å². The van der Waals surface area contributed by atoms with Crippen LogP contribution in [0.1, 0.15) is 11.3 Å². The summed E-state index contributed by atoms with van der Waals surface area (Å²) in [5.74, 6) is -1.67. The van der Waals surface area contributed by atoms with Crippen LogP contribution >= 0.6 is 0 Å². The van der Waals surface area contributed by atoms with E-state index in [9.17, 15) is 18.4 Å². The second-order valence-electron chi connectivity index (χ2n) is 8.06. The summed E-state index contributed by atoms with van der Waals surface area (Å²) in [5.41, 5.74) is 2.27. The third-order valence-corrected chi connectivity index (χ3v) is 5.73. The van der Waals surface area contributed by atoms with Crippen molar-refractivity contribution in [2.45, 2.75) is 13.0 Å². The lowest BCUT2D eigenvalue weighted by Crippen LogP contribution is -2.43. The van der Waals surface area contributed by atoms with E-state index in [0.717, 1.165) is 17.8 Å². The number of aromatic nitrogens is 2. The number of rotatable bonds is 4. The Morgan fingerprint density at radius 3 is 2.31 bits per heavy atom. The number of urea groups is 1. The molecular weight excluding hydrogens is 452 g/mol. The predicted molar refractivity (Wildman–Crippen MR) is 129 cm³/mol. The van der Waals surface area contributed by atoms with E-state index >= 15 is 0 Å². The summed E-state index contributed by atoms with van der Waals surface area (Å²) in [5, 5.41) is 5.79. The highest BCUT2D eigenvalue weighted by molar-refractivity contribution is 5.89. The molecule has 2 N–H and O–H groups in total. The summed E-state index contributed by atoms with van der Waals surface area (Å²) in [6.07, 6.45) is 0.370. The number of hydrogen-bond acceptors (Lipinski definition) is 4. The van der Waals surface area contributed by atoms with Gasteiger partial charge in [-0.1, -0.05) is 36.4 Å². The molecule has 0 spiro atoms. The van der Waals surface area contributed by atoms with Crippen molar-refractivity contribution in [1.82, 2.24) is 14.5 Å². The van der Waals surface area contributed by atoms with E-state index in [1.807, 2.05) is 60.7 Å². The number of carbonyl (C=O) groups is 1. The molecule has 0 aliphatic carbocycles. The van der Waals surface area contributed by atoms with Crippen LogP contribution < -0.4 is 16.2 Å². The minimum Gasteiger partial charge on any atom is -0.325 e. The van der Waals surface area contributed by atoms with Gasteiger partial charge in [-0.2, -0.15) is 0 Å². The van der Waals surface area contributed by atoms with E-state index in [4.69, 9.17) is 4.98 Å². The Hall–Kier alpha value is -4.53. The lowest BCUT2D eigenvalue weighted by molar-refractivity contribution is 0.205. The highest BCUT2D eigenvalue weighted by Gasteiger charge is 2.27. The van der Waals surface area contributed by atoms with Crippen molar-refractivity contribution in [3.63, 3.8) is 0 Å². The number of amides is 2. The number of nitrogens with zero attached hydrogens (tertiary/aromatic N) is 3. The first-order chi connectivity index (χ1) is 17.0. The zero-order chi connectivity index (χ0) is 24.4. The molecule has 1 aliphatic heterocycles. The topological polar surface area (TPSA) is 79.3 Å². The van der Waals surface area contributed by atoms with Gasteiger partial charge in [-0.05, 0) is 36.4 Å². The zero-order valence-electron chi connectivity index (χ0n) is 18.5. The lowest BCUT2D eigenvalue weighted by atomic mass is 10.1. The molecule has 5 rings (SSSR count). The number of anilines is 3. The van der Waals surface area contributed by atoms with Gasteiger partial charge in [0, 0.05) is 30.4 Å². The smallest absolute Gasteiger partial charge is 0.322 e. The number of fused-ring (bicyclic) bond motifs is 1. The molecule has 2 amide bonds. The molecule has 3 aromatic carbocycles. The second kappa shape index (κ2) is 9.38. The Morgan fingerprint density at radius 2 is 1.60 bits per heavy atom. The zero-order valence-corrected chi connectivity index (χ0v) is 18.5. The Labute approximate surface area is 199 Å². The van der Waals surface area contributed by atoms with Gasteiger partial charge in [0.15, 0.2) is 11.6 Å². The number of halogens is 2. The number of hydrogen-bond donors (Lipinski definition) is 2. The maximum absolute atomic E-state index is 13.7. The Morgan fingerprint density at radius 1 is 0.886 bits per heavy atom. The standard InChI is InChI=1S/C26H21F2N5O2/c27-21-12-11-18(15-22(21)28)30-26(35)32-14-13-23-20(16-32)24(34)33(19-9-5-2-6-10-19)25(31-23)29-17-7-3-1-4-8-17/h1-12,15H,13-14,16H2,(H,29,31)(H,30,35). The first kappa shape index (κ1) is 22.3. The Balaban J connectivity index is 1.48. The van der Waals surface area contributed by atoms with Gasteiger partial charge in [0.25, 0.3) is 5.56 Å². The van der Waals surface area contributed by atoms with Crippen molar-refractivity contribution in [2.75, 3.05) is 17.2 Å². The monoisotopic (exact) mass is 473 g/mol. The average Bonchev–Trinajstić information content (AvgIpc) is 2.87. The van der Waals surface area contributed by atoms with E-state index in [-0.39, 0.29) is 17.8 Å². The molecule has 0 saturated carbocycles. The summed E-state index contributed by atoms with van der Waals surface area (Å²) < 4.78 is 28.2. The first-order valence-electron chi connectivity index (χ1n) is 11.0. The fourth-order valence-corrected chi connectivity index (χ4v) is 3.98. The van der Waals surface area contributed by atoms with Crippen LogP contribution in [0.25, 0.3) is 5.69 Å². The van der Waals surface area contributed by atoms with Crippen LogP contribution in [0.2, 0.25) is 0 Å². The number of para-hydroxylation sites is 2. The van der Waals surface area contributed by atoms with E-state index in [1.54, 1.807) is 0 Å². The average molecular weight is 473 g/mol. The maximum atomic E-state index is 13.7. The second-order valence-corrected chi connectivity index (χ2v) is 8.06. The van der Waals surface area contributed by atoms with Crippen molar-refractivity contribution in [3.8, 4) is 5.69 Å². The molecular formula is C26H21F2N5O2. The van der Waals surface area contributed by atoms with Gasteiger partial charge in [-0.25, -0.2) is 23.1 Å². The summed E-state index contributed by atoms with van der Waals surface area (Å²) in [6, 6.07) is 21.2. The van der Waals surface area contributed by atoms with E-state index in [2.05, 4.69) is 10.6 Å². The highest BCUT2D eigenvalue weighted by atomic mass is 19.2. The first-order valence-corrected chi connectivity index (χ1v) is 11.0. The molecule has 7 nitrogen and oxygen atoms in total. The third kappa shape index (κ3) is 4.61. The molecule has 0 fully saturated rings. The lowest BCUT2D eigenvalue weighted by Gasteiger charge is -2.29. The fourth-order valence-electron chi connectivity index (χ4n) is 3.98. The van der Waals surface area contributed by atoms with Crippen LogP contribution in [-0.4, -0.2) is 27.0 Å². The van der Waals surface area contributed by atoms with E-state index < -0.39 is 17.7 Å². The summed E-state index contributed by atoms with van der Waals surface area (Å²) >= 11 is 0. The molecule has 0 saturated heterocycles. The van der Waals surface area contributed by atoms with Crippen molar-refractivity contribution in [2.24, 2.45) is 0 Å². The van der Waals surface area contributed by atoms with Gasteiger partial charge in [0.2, 0.25) is 5.95 Å². The minimum absolute atomic E-state index is 0.0368. The molecule has 0 bridgehead atoms. The van der Waals surface area contributed by atoms with Crippen LogP contribution in [0.5, 0.6) is 0 Å². The van der Waals surface area contributed by atoms with E-state index in [1.165, 1.54) is 15.5 Å². The minimum atomic E-state index is -1.06. The molecule has 0 radical (unpaired) electrons. The van der Waals surface area contributed by atoms with Crippen molar-refractivity contribution in [3.05, 3.63) is 112 Å². The summed E-state index contributed by atoms with van der Waals surface area (Å²) in [6.45, 7) is 0.351. The van der Waals surface area contributed by atoms with E-state index in [0.29, 0.717) is 35.9 Å². The van der Waals surface area contributed by atoms with Crippen LogP contribution in [0.3, 0.4) is 0 Å². The molecule has 2 heterocycles. The normalized spacial score (nSPS) is 12.7. The van der Waals surface area contributed by atoms with Gasteiger partial charge in [-0.3, -0.25) is 4.79 Å². The van der Waals surface area contributed by atoms with Crippen molar-refractivity contribution in [1.29, 1.82) is 0 Å². The molecule has 1 aliphatic rings. The largest absolute Gasteiger partial charge is 0.325 e. The highest BCUT2D eigenvalue weighted by Crippen LogP contribution is 2.23. The van der Waals surface area contributed by atoms with Gasteiger partial charge >= 0.3 is 6.03 Å². The number of benzene rings is 3. The van der Waals surface area contributed by atoms with Gasteiger partial charge in [-0.15, -0.1) is 0 Å². The molecule has 176 valence electrons. The molecule has 4 aromatic rings. The predicted octanol–water partition coefficient (Wildman–Crippen LogP) is 4.84. The van der Waals surface area contributed by atoms with Crippen molar-refractivity contribution < 1.29 is 13.6 Å². The van der Waals surface area contributed by atoms with Crippen molar-refractivity contribution >= 4 is 23.4 Å². The fraction of sp³-hybridized carbons (Fsp3) is 0.115. The number of nitrogens with one attached hydrogen (secondary N) is 2. The molecule has 35 heavy (non-hydrogen) atoms. The van der Waals surface area contributed by atoms with Gasteiger partial charge < -0.3 is 15.5 Å². The van der Waals surface area contributed by atoms with Gasteiger partial charge in [0.05, 0.1) is 23.5 Å². The van der Waals surface area contributed by atoms with Crippen LogP contribution in [0.15, 0.2) is 83.7 Å². The SMILES string of the molecule is O=C(Nc1ccc(F)c(F)c1)N1CCc2nc(Nc3ccccc3)n(-c3ccccc3)c(=O)c2C1. The molecule has 0 atom stereocenters. The Bertz CT molecular complexity index is 1440. The summed E-state index contributed by atoms with van der Waals surface area (Å²) in [4.78, 5) is 32.7. The number of carbonyl (C=O) groups excluding carboxylic acids is 1. The molecule has 9 heteroatoms. The quantitative estimate of drug-likeness (QED) is 0.444. The molecule has 0 unspecified atom stereocenters. The van der Waals surface area contributed by atoms with Crippen LogP contribution in [0.4, 0.5) is 30.9 Å². The maximum Gasteiger partial charge on any atom is 0.322 e. The third-order valence-electron chi connectivity index (χ3n) is 5.73. The van der Waals surface area contributed by atoms with Gasteiger partial charge in [0.1, 0.15) is 0 Å². The Kier molecular flexibility index (Phi) is 5.97. The summed E-state index contributed by atoms with van der Waals surface area (Å²) in [7, 11) is 0. The van der Waals surface area contributed by atoms with Crippen LogP contribution in [0, 0.1) is 11.6 Å². The molecule has 1 aromatic heterocycles.